The zero-order chi connectivity index (χ0) is 21.6. The van der Waals surface area contributed by atoms with Crippen LogP contribution in [-0.4, -0.2) is 45.7 Å². The molecule has 0 aliphatic carbocycles. The number of carbonyl (C=O) groups is 2. The lowest BCUT2D eigenvalue weighted by molar-refractivity contribution is -0.393. The summed E-state index contributed by atoms with van der Waals surface area (Å²) in [6, 6.07) is 0.860. The minimum absolute atomic E-state index is 0.0821. The number of carbonyl (C=O) groups excluding carboxylic acids is 2. The average Bonchev–Trinajstić information content (AvgIpc) is 2.61. The lowest BCUT2D eigenvalue weighted by atomic mass is 10.0. The van der Waals surface area contributed by atoms with Crippen LogP contribution in [-0.2, 0) is 4.79 Å². The van der Waals surface area contributed by atoms with E-state index in [9.17, 15) is 29.8 Å². The van der Waals surface area contributed by atoms with Gasteiger partial charge >= 0.3 is 0 Å². The molecule has 1 rings (SSSR count). The van der Waals surface area contributed by atoms with Gasteiger partial charge in [-0.2, -0.15) is 0 Å². The highest BCUT2D eigenvalue weighted by atomic mass is 35.5. The molecule has 0 saturated carbocycles. The summed E-state index contributed by atoms with van der Waals surface area (Å²) in [6.07, 6.45) is 0.346. The highest BCUT2D eigenvalue weighted by Crippen LogP contribution is 2.34. The molecule has 1 N–H and O–H groups in total. The molecule has 10 nitrogen and oxygen atoms in total. The van der Waals surface area contributed by atoms with Crippen LogP contribution in [0.4, 0.5) is 11.4 Å². The molecule has 0 aliphatic heterocycles. The SMILES string of the molecule is CCN(CC)C(=O)[C@H](CC(C)C)NC(=O)c1cc([N+](=O)[O-])c(Cl)c([N+](=O)[O-])c1. The smallest absolute Gasteiger partial charge is 0.295 e. The number of benzene rings is 1. The van der Waals surface area contributed by atoms with E-state index in [-0.39, 0.29) is 17.4 Å². The van der Waals surface area contributed by atoms with E-state index in [2.05, 4.69) is 5.32 Å². The van der Waals surface area contributed by atoms with E-state index < -0.39 is 38.2 Å². The maximum Gasteiger partial charge on any atom is 0.295 e. The van der Waals surface area contributed by atoms with Gasteiger partial charge in [0.2, 0.25) is 5.91 Å². The monoisotopic (exact) mass is 414 g/mol. The van der Waals surface area contributed by atoms with Crippen molar-refractivity contribution in [1.29, 1.82) is 0 Å². The number of hydrogen-bond donors (Lipinski definition) is 1. The Hall–Kier alpha value is -2.75. The molecule has 0 fully saturated rings. The first-order valence-corrected chi connectivity index (χ1v) is 9.13. The fraction of sp³-hybridized carbons (Fsp3) is 0.529. The third-order valence-corrected chi connectivity index (χ3v) is 4.46. The summed E-state index contributed by atoms with van der Waals surface area (Å²) in [7, 11) is 0. The van der Waals surface area contributed by atoms with E-state index in [1.807, 2.05) is 27.7 Å². The molecule has 0 aromatic heterocycles. The van der Waals surface area contributed by atoms with Crippen molar-refractivity contribution in [2.24, 2.45) is 5.92 Å². The molecule has 154 valence electrons. The van der Waals surface area contributed by atoms with E-state index in [0.717, 1.165) is 12.1 Å². The number of amides is 2. The van der Waals surface area contributed by atoms with E-state index >= 15 is 0 Å². The van der Waals surface area contributed by atoms with Crippen LogP contribution in [0.25, 0.3) is 0 Å². The predicted molar refractivity (Wildman–Crippen MR) is 103 cm³/mol. The van der Waals surface area contributed by atoms with Gasteiger partial charge in [-0.3, -0.25) is 29.8 Å². The van der Waals surface area contributed by atoms with E-state index in [1.165, 1.54) is 0 Å². The predicted octanol–water partition coefficient (Wildman–Crippen LogP) is 3.17. The summed E-state index contributed by atoms with van der Waals surface area (Å²) >= 11 is 5.70. The lowest BCUT2D eigenvalue weighted by Crippen LogP contribution is -2.49. The topological polar surface area (TPSA) is 136 Å². The van der Waals surface area contributed by atoms with Crippen LogP contribution in [0.5, 0.6) is 0 Å². The van der Waals surface area contributed by atoms with Crippen molar-refractivity contribution < 1.29 is 19.4 Å². The Labute approximate surface area is 167 Å². The Morgan fingerprint density at radius 3 is 1.93 bits per heavy atom. The van der Waals surface area contributed by atoms with Gasteiger partial charge in [-0.25, -0.2) is 0 Å². The second kappa shape index (κ2) is 9.98. The van der Waals surface area contributed by atoms with Crippen LogP contribution in [0.15, 0.2) is 12.1 Å². The molecule has 1 aromatic rings. The number of halogens is 1. The van der Waals surface area contributed by atoms with Gasteiger partial charge in [0.25, 0.3) is 17.3 Å². The first-order valence-electron chi connectivity index (χ1n) is 8.75. The molecular formula is C17H23ClN4O6. The Bertz CT molecular complexity index is 744. The molecule has 0 heterocycles. The Kier molecular flexibility index (Phi) is 8.30. The van der Waals surface area contributed by atoms with Crippen LogP contribution in [0, 0.1) is 26.1 Å². The molecule has 0 bridgehead atoms. The van der Waals surface area contributed by atoms with Crippen molar-refractivity contribution in [1.82, 2.24) is 10.2 Å². The number of nitrogens with one attached hydrogen (secondary N) is 1. The van der Waals surface area contributed by atoms with Crippen molar-refractivity contribution >= 4 is 34.8 Å². The Morgan fingerprint density at radius 2 is 1.57 bits per heavy atom. The van der Waals surface area contributed by atoms with E-state index in [0.29, 0.717) is 19.5 Å². The first kappa shape index (κ1) is 23.3. The minimum atomic E-state index is -0.904. The molecule has 11 heteroatoms. The molecule has 1 aromatic carbocycles. The van der Waals surface area contributed by atoms with Gasteiger partial charge < -0.3 is 10.2 Å². The molecule has 0 aliphatic rings. The molecule has 0 radical (unpaired) electrons. The van der Waals surface area contributed by atoms with Crippen LogP contribution in [0.2, 0.25) is 5.02 Å². The zero-order valence-electron chi connectivity index (χ0n) is 16.1. The molecule has 1 atom stereocenters. The van der Waals surface area contributed by atoms with Crippen LogP contribution < -0.4 is 5.32 Å². The fourth-order valence-electron chi connectivity index (χ4n) is 2.68. The van der Waals surface area contributed by atoms with Crippen molar-refractivity contribution in [3.05, 3.63) is 42.9 Å². The van der Waals surface area contributed by atoms with Crippen molar-refractivity contribution in [2.45, 2.75) is 40.2 Å². The summed E-state index contributed by atoms with van der Waals surface area (Å²) in [5, 5.41) is 24.1. The Balaban J connectivity index is 3.28. The summed E-state index contributed by atoms with van der Waals surface area (Å²) < 4.78 is 0. The molecule has 0 saturated heterocycles. The van der Waals surface area contributed by atoms with Gasteiger partial charge in [-0.15, -0.1) is 0 Å². The van der Waals surface area contributed by atoms with Crippen LogP contribution >= 0.6 is 11.6 Å². The second-order valence-electron chi connectivity index (χ2n) is 6.51. The van der Waals surface area contributed by atoms with Gasteiger partial charge in [-0.1, -0.05) is 25.4 Å². The molecule has 0 unspecified atom stereocenters. The standard InChI is InChI=1S/C17H23ClN4O6/c1-5-20(6-2)17(24)12(7-10(3)4)19-16(23)11-8-13(21(25)26)15(18)14(9-11)22(27)28/h8-10,12H,5-7H2,1-4H3,(H,19,23)/t12-/m0/s1. The highest BCUT2D eigenvalue weighted by Gasteiger charge is 2.30. The quantitative estimate of drug-likeness (QED) is 0.486. The number of rotatable bonds is 9. The number of nitro groups is 2. The van der Waals surface area contributed by atoms with Crippen molar-refractivity contribution in [2.75, 3.05) is 13.1 Å². The number of nitrogens with zero attached hydrogens (tertiary/aromatic N) is 3. The van der Waals surface area contributed by atoms with Gasteiger partial charge in [0.1, 0.15) is 6.04 Å². The molecule has 2 amide bonds. The van der Waals surface area contributed by atoms with Gasteiger partial charge in [0, 0.05) is 25.2 Å². The third-order valence-electron chi connectivity index (χ3n) is 4.08. The molecular weight excluding hydrogens is 392 g/mol. The lowest BCUT2D eigenvalue weighted by Gasteiger charge is -2.27. The largest absolute Gasteiger partial charge is 0.341 e. The van der Waals surface area contributed by atoms with E-state index in [4.69, 9.17) is 11.6 Å². The van der Waals surface area contributed by atoms with Crippen molar-refractivity contribution in [3.63, 3.8) is 0 Å². The molecule has 28 heavy (non-hydrogen) atoms. The summed E-state index contributed by atoms with van der Waals surface area (Å²) in [5.41, 5.74) is -1.82. The molecule has 0 spiro atoms. The van der Waals surface area contributed by atoms with Crippen LogP contribution in [0.3, 0.4) is 0 Å². The maximum absolute atomic E-state index is 12.7. The number of likely N-dealkylation sites (N-methyl/N-ethyl adjacent to an activating group) is 1. The van der Waals surface area contributed by atoms with Gasteiger partial charge in [0.05, 0.1) is 15.4 Å². The third kappa shape index (κ3) is 5.62. The van der Waals surface area contributed by atoms with Crippen LogP contribution in [0.1, 0.15) is 44.5 Å². The zero-order valence-corrected chi connectivity index (χ0v) is 16.9. The minimum Gasteiger partial charge on any atom is -0.341 e. The Morgan fingerprint density at radius 1 is 1.11 bits per heavy atom. The summed E-state index contributed by atoms with van der Waals surface area (Å²) in [4.78, 5) is 47.3. The second-order valence-corrected chi connectivity index (χ2v) is 6.89. The first-order chi connectivity index (χ1) is 13.0. The summed E-state index contributed by atoms with van der Waals surface area (Å²) in [5.74, 6) is -1.03. The fourth-order valence-corrected chi connectivity index (χ4v) is 2.93. The number of hydrogen-bond acceptors (Lipinski definition) is 6. The van der Waals surface area contributed by atoms with E-state index in [1.54, 1.807) is 4.90 Å². The van der Waals surface area contributed by atoms with Crippen molar-refractivity contribution in [3.8, 4) is 0 Å². The number of nitro benzene ring substituents is 2. The van der Waals surface area contributed by atoms with Gasteiger partial charge in [-0.05, 0) is 26.2 Å². The highest BCUT2D eigenvalue weighted by molar-refractivity contribution is 6.35. The summed E-state index contributed by atoms with van der Waals surface area (Å²) in [6.45, 7) is 8.29. The van der Waals surface area contributed by atoms with Gasteiger partial charge in [0.15, 0.2) is 5.02 Å². The normalized spacial score (nSPS) is 11.8. The average molecular weight is 415 g/mol. The maximum atomic E-state index is 12.7.